The zero-order valence-electron chi connectivity index (χ0n) is 13.1. The van der Waals surface area contributed by atoms with Gasteiger partial charge in [0.15, 0.2) is 11.3 Å². The van der Waals surface area contributed by atoms with Crippen LogP contribution < -0.4 is 0 Å². The lowest BCUT2D eigenvalue weighted by Gasteiger charge is -2.26. The minimum Gasteiger partial charge on any atom is -0.461 e. The SMILES string of the molecule is CCOC(=O)C1=NO[C@]2(COCc3ccccc3)C[C@@H](O)C[C@H]12. The van der Waals surface area contributed by atoms with Crippen LogP contribution in [0.25, 0.3) is 0 Å². The van der Waals surface area contributed by atoms with Crippen LogP contribution in [0.15, 0.2) is 35.5 Å². The molecule has 1 aliphatic heterocycles. The molecule has 3 atom stereocenters. The minimum atomic E-state index is -0.768. The number of fused-ring (bicyclic) bond motifs is 1. The third-order valence-corrected chi connectivity index (χ3v) is 4.32. The van der Waals surface area contributed by atoms with Gasteiger partial charge in [0.1, 0.15) is 0 Å². The first-order valence-corrected chi connectivity index (χ1v) is 7.87. The lowest BCUT2D eigenvalue weighted by molar-refractivity contribution is -0.135. The molecule has 1 heterocycles. The number of aliphatic hydroxyl groups excluding tert-OH is 1. The summed E-state index contributed by atoms with van der Waals surface area (Å²) < 4.78 is 10.8. The standard InChI is InChI=1S/C17H21NO5/c1-2-22-16(20)15-14-8-13(19)9-17(14,23-18-15)11-21-10-12-6-4-3-5-7-12/h3-7,13-14,19H,2,8-11H2,1H3/t13-,14+,17-/m0/s1. The predicted octanol–water partition coefficient (Wildman–Crippen LogP) is 1.66. The van der Waals surface area contributed by atoms with Crippen LogP contribution in [0, 0.1) is 5.92 Å². The number of oxime groups is 1. The van der Waals surface area contributed by atoms with E-state index in [1.165, 1.54) is 0 Å². The zero-order chi connectivity index (χ0) is 16.3. The smallest absolute Gasteiger partial charge is 0.356 e. The van der Waals surface area contributed by atoms with Gasteiger partial charge in [-0.25, -0.2) is 4.79 Å². The second kappa shape index (κ2) is 6.68. The second-order valence-corrected chi connectivity index (χ2v) is 5.98. The van der Waals surface area contributed by atoms with E-state index in [1.807, 2.05) is 30.3 Å². The van der Waals surface area contributed by atoms with Crippen molar-refractivity contribution in [1.82, 2.24) is 0 Å². The largest absolute Gasteiger partial charge is 0.461 e. The summed E-state index contributed by atoms with van der Waals surface area (Å²) in [4.78, 5) is 17.5. The summed E-state index contributed by atoms with van der Waals surface area (Å²) in [7, 11) is 0. The lowest BCUT2D eigenvalue weighted by Crippen LogP contribution is -2.41. The van der Waals surface area contributed by atoms with E-state index in [4.69, 9.17) is 14.3 Å². The highest BCUT2D eigenvalue weighted by molar-refractivity contribution is 6.37. The fourth-order valence-corrected chi connectivity index (χ4v) is 3.26. The van der Waals surface area contributed by atoms with Gasteiger partial charge in [-0.1, -0.05) is 35.5 Å². The summed E-state index contributed by atoms with van der Waals surface area (Å²) in [5, 5.41) is 13.9. The minimum absolute atomic E-state index is 0.256. The molecule has 1 aliphatic carbocycles. The highest BCUT2D eigenvalue weighted by Gasteiger charge is 2.57. The van der Waals surface area contributed by atoms with Crippen molar-refractivity contribution < 1.29 is 24.2 Å². The first-order chi connectivity index (χ1) is 11.1. The molecule has 124 valence electrons. The number of nitrogens with zero attached hydrogens (tertiary/aromatic N) is 1. The van der Waals surface area contributed by atoms with Crippen LogP contribution in [0.4, 0.5) is 0 Å². The topological polar surface area (TPSA) is 77.4 Å². The maximum absolute atomic E-state index is 12.0. The molecule has 6 heteroatoms. The van der Waals surface area contributed by atoms with Gasteiger partial charge in [-0.2, -0.15) is 0 Å². The number of ether oxygens (including phenoxy) is 2. The number of hydrogen-bond donors (Lipinski definition) is 1. The number of carbonyl (C=O) groups is 1. The van der Waals surface area contributed by atoms with Crippen molar-refractivity contribution in [1.29, 1.82) is 0 Å². The van der Waals surface area contributed by atoms with Crippen LogP contribution >= 0.6 is 0 Å². The van der Waals surface area contributed by atoms with Gasteiger partial charge in [0.25, 0.3) is 0 Å². The van der Waals surface area contributed by atoms with E-state index in [-0.39, 0.29) is 24.8 Å². The Morgan fingerprint density at radius 2 is 2.22 bits per heavy atom. The molecule has 0 saturated heterocycles. The Hall–Kier alpha value is -1.92. The fourth-order valence-electron chi connectivity index (χ4n) is 3.26. The summed E-state index contributed by atoms with van der Waals surface area (Å²) in [6, 6.07) is 9.81. The molecule has 0 spiro atoms. The summed E-state index contributed by atoms with van der Waals surface area (Å²) in [5.74, 6) is -0.760. The number of rotatable bonds is 6. The highest BCUT2D eigenvalue weighted by atomic mass is 16.7. The lowest BCUT2D eigenvalue weighted by atomic mass is 9.88. The molecule has 1 fully saturated rings. The Bertz CT molecular complexity index is 588. The summed E-state index contributed by atoms with van der Waals surface area (Å²) >= 11 is 0. The normalized spacial score (nSPS) is 28.9. The summed E-state index contributed by atoms with van der Waals surface area (Å²) in [5.41, 5.74) is 0.547. The van der Waals surface area contributed by atoms with E-state index in [9.17, 15) is 9.90 Å². The molecule has 3 rings (SSSR count). The highest BCUT2D eigenvalue weighted by Crippen LogP contribution is 2.44. The van der Waals surface area contributed by atoms with Crippen LogP contribution in [-0.4, -0.2) is 41.7 Å². The van der Waals surface area contributed by atoms with Crippen molar-refractivity contribution in [3.8, 4) is 0 Å². The Morgan fingerprint density at radius 1 is 1.43 bits per heavy atom. The molecular formula is C17H21NO5. The number of benzene rings is 1. The second-order valence-electron chi connectivity index (χ2n) is 5.98. The molecule has 0 amide bonds. The molecule has 1 aromatic rings. The van der Waals surface area contributed by atoms with Crippen molar-refractivity contribution in [3.63, 3.8) is 0 Å². The molecule has 0 bridgehead atoms. The number of hydrogen-bond acceptors (Lipinski definition) is 6. The molecule has 0 radical (unpaired) electrons. The number of carbonyl (C=O) groups excluding carboxylic acids is 1. The summed E-state index contributed by atoms with van der Waals surface area (Å²) in [6.45, 7) is 2.75. The molecule has 23 heavy (non-hydrogen) atoms. The Morgan fingerprint density at radius 3 is 2.96 bits per heavy atom. The Labute approximate surface area is 135 Å². The fraction of sp³-hybridized carbons (Fsp3) is 0.529. The molecule has 1 aromatic carbocycles. The van der Waals surface area contributed by atoms with Crippen molar-refractivity contribution in [3.05, 3.63) is 35.9 Å². The van der Waals surface area contributed by atoms with Crippen molar-refractivity contribution >= 4 is 11.7 Å². The molecular weight excluding hydrogens is 298 g/mol. The van der Waals surface area contributed by atoms with Crippen LogP contribution in [0.2, 0.25) is 0 Å². The molecule has 0 unspecified atom stereocenters. The van der Waals surface area contributed by atoms with Gasteiger partial charge in [-0.3, -0.25) is 0 Å². The Kier molecular flexibility index (Phi) is 4.63. The first-order valence-electron chi connectivity index (χ1n) is 7.87. The average Bonchev–Trinajstić information content (AvgIpc) is 3.02. The van der Waals surface area contributed by atoms with Crippen LogP contribution in [0.1, 0.15) is 25.3 Å². The van der Waals surface area contributed by atoms with Crippen molar-refractivity contribution in [2.45, 2.75) is 38.1 Å². The maximum Gasteiger partial charge on any atom is 0.356 e. The monoisotopic (exact) mass is 319 g/mol. The molecule has 1 saturated carbocycles. The van der Waals surface area contributed by atoms with E-state index in [1.54, 1.807) is 6.92 Å². The third-order valence-electron chi connectivity index (χ3n) is 4.32. The van der Waals surface area contributed by atoms with E-state index in [2.05, 4.69) is 5.16 Å². The quantitative estimate of drug-likeness (QED) is 0.807. The van der Waals surface area contributed by atoms with Gasteiger partial charge in [-0.15, -0.1) is 0 Å². The Balaban J connectivity index is 1.64. The first kappa shape index (κ1) is 16.0. The molecule has 1 N–H and O–H groups in total. The molecule has 6 nitrogen and oxygen atoms in total. The third kappa shape index (κ3) is 3.23. The van der Waals surface area contributed by atoms with E-state index >= 15 is 0 Å². The zero-order valence-corrected chi connectivity index (χ0v) is 13.1. The van der Waals surface area contributed by atoms with Crippen molar-refractivity contribution in [2.75, 3.05) is 13.2 Å². The van der Waals surface area contributed by atoms with Gasteiger partial charge in [0, 0.05) is 6.42 Å². The van der Waals surface area contributed by atoms with E-state index in [0.29, 0.717) is 19.4 Å². The maximum atomic E-state index is 12.0. The van der Waals surface area contributed by atoms with Gasteiger partial charge < -0.3 is 19.4 Å². The molecule has 0 aromatic heterocycles. The van der Waals surface area contributed by atoms with Gasteiger partial charge in [-0.05, 0) is 18.9 Å². The number of aliphatic hydroxyl groups is 1. The van der Waals surface area contributed by atoms with Gasteiger partial charge in [0.05, 0.1) is 31.8 Å². The number of esters is 1. The average molecular weight is 319 g/mol. The van der Waals surface area contributed by atoms with E-state index in [0.717, 1.165) is 5.56 Å². The van der Waals surface area contributed by atoms with Gasteiger partial charge in [0.2, 0.25) is 0 Å². The van der Waals surface area contributed by atoms with Crippen molar-refractivity contribution in [2.24, 2.45) is 11.1 Å². The van der Waals surface area contributed by atoms with Crippen LogP contribution in [0.5, 0.6) is 0 Å². The van der Waals surface area contributed by atoms with Crippen LogP contribution in [-0.2, 0) is 25.7 Å². The molecule has 2 aliphatic rings. The summed E-state index contributed by atoms with van der Waals surface area (Å²) in [6.07, 6.45) is 0.311. The van der Waals surface area contributed by atoms with Gasteiger partial charge >= 0.3 is 5.97 Å². The van der Waals surface area contributed by atoms with Crippen LogP contribution in [0.3, 0.4) is 0 Å². The van der Waals surface area contributed by atoms with E-state index < -0.39 is 17.7 Å². The predicted molar refractivity (Wildman–Crippen MR) is 82.7 cm³/mol.